The van der Waals surface area contributed by atoms with Gasteiger partial charge in [-0.1, -0.05) is 53.4 Å². The van der Waals surface area contributed by atoms with Crippen LogP contribution >= 0.6 is 23.1 Å². The Hall–Kier alpha value is -4.22. The maximum atomic E-state index is 14.1. The number of aliphatic hydroxyl groups excluding tert-OH is 1. The first-order chi connectivity index (χ1) is 20.3. The standard InChI is InChI=1S/C31H26FN3O5S2/c1-3-39-22-9-6-8-18(15-22)26-25(27(36)19-11-12-24-21(14-19)13-17(2)40-24)28(37)29(38)35(26)30-33-34-31(42-30)41-16-20-7-4-5-10-23(20)32/h4-12,14-15,17,26,36H,3,13,16H2,1-2H3/b27-25+. The van der Waals surface area contributed by atoms with Crippen LogP contribution in [0.25, 0.3) is 5.76 Å². The molecule has 1 N–H and O–H groups in total. The lowest BCUT2D eigenvalue weighted by Gasteiger charge is -2.23. The van der Waals surface area contributed by atoms with E-state index in [0.29, 0.717) is 45.6 Å². The van der Waals surface area contributed by atoms with Gasteiger partial charge in [0.25, 0.3) is 5.78 Å². The van der Waals surface area contributed by atoms with E-state index in [2.05, 4.69) is 10.2 Å². The summed E-state index contributed by atoms with van der Waals surface area (Å²) < 4.78 is 26.1. The van der Waals surface area contributed by atoms with E-state index in [-0.39, 0.29) is 28.4 Å². The summed E-state index contributed by atoms with van der Waals surface area (Å²) in [5.74, 6) is -0.660. The highest BCUT2D eigenvalue weighted by Gasteiger charge is 2.48. The third-order valence-electron chi connectivity index (χ3n) is 7.01. The number of halogens is 1. The molecule has 0 spiro atoms. The molecule has 0 bridgehead atoms. The molecule has 4 aromatic rings. The number of hydrogen-bond donors (Lipinski definition) is 1. The normalized spacial score (nSPS) is 19.2. The van der Waals surface area contributed by atoms with Crippen molar-refractivity contribution in [3.8, 4) is 11.5 Å². The fourth-order valence-electron chi connectivity index (χ4n) is 5.12. The van der Waals surface area contributed by atoms with Crippen LogP contribution in [-0.4, -0.2) is 39.7 Å². The molecule has 6 rings (SSSR count). The van der Waals surface area contributed by atoms with E-state index in [4.69, 9.17) is 9.47 Å². The summed E-state index contributed by atoms with van der Waals surface area (Å²) in [5.41, 5.74) is 2.35. The summed E-state index contributed by atoms with van der Waals surface area (Å²) in [5, 5.41) is 20.2. The third kappa shape index (κ3) is 5.25. The van der Waals surface area contributed by atoms with Crippen molar-refractivity contribution >= 4 is 45.7 Å². The van der Waals surface area contributed by atoms with E-state index < -0.39 is 17.7 Å². The molecule has 0 radical (unpaired) electrons. The van der Waals surface area contributed by atoms with Gasteiger partial charge in [-0.25, -0.2) is 4.39 Å². The molecule has 0 saturated carbocycles. The van der Waals surface area contributed by atoms with Gasteiger partial charge in [-0.2, -0.15) is 0 Å². The molecule has 1 amide bonds. The zero-order chi connectivity index (χ0) is 29.4. The number of Topliss-reactive ketones (excluding diaryl/α,β-unsaturated/α-hetero) is 1. The maximum Gasteiger partial charge on any atom is 0.301 e. The van der Waals surface area contributed by atoms with E-state index in [1.54, 1.807) is 60.7 Å². The van der Waals surface area contributed by atoms with Gasteiger partial charge < -0.3 is 14.6 Å². The Morgan fingerprint density at radius 1 is 1.14 bits per heavy atom. The molecule has 2 unspecified atom stereocenters. The van der Waals surface area contributed by atoms with Crippen LogP contribution in [0.1, 0.15) is 42.1 Å². The van der Waals surface area contributed by atoms with Crippen molar-refractivity contribution in [2.24, 2.45) is 0 Å². The Morgan fingerprint density at radius 2 is 1.98 bits per heavy atom. The topological polar surface area (TPSA) is 102 Å². The average Bonchev–Trinajstić information content (AvgIpc) is 3.67. The highest BCUT2D eigenvalue weighted by atomic mass is 32.2. The molecule has 2 aliphatic rings. The quantitative estimate of drug-likeness (QED) is 0.0821. The predicted molar refractivity (Wildman–Crippen MR) is 158 cm³/mol. The van der Waals surface area contributed by atoms with Crippen LogP contribution in [0, 0.1) is 5.82 Å². The van der Waals surface area contributed by atoms with E-state index in [0.717, 1.165) is 22.6 Å². The molecule has 11 heteroatoms. The van der Waals surface area contributed by atoms with Crippen molar-refractivity contribution in [1.29, 1.82) is 0 Å². The second-order valence-electron chi connectivity index (χ2n) is 9.86. The highest BCUT2D eigenvalue weighted by Crippen LogP contribution is 2.45. The maximum absolute atomic E-state index is 14.1. The fraction of sp³-hybridized carbons (Fsp3) is 0.226. The van der Waals surface area contributed by atoms with Crippen molar-refractivity contribution in [2.75, 3.05) is 11.5 Å². The number of anilines is 1. The predicted octanol–water partition coefficient (Wildman–Crippen LogP) is 6.32. The molecule has 3 heterocycles. The van der Waals surface area contributed by atoms with Crippen LogP contribution in [0.15, 0.2) is 76.6 Å². The van der Waals surface area contributed by atoms with Crippen LogP contribution in [0.5, 0.6) is 11.5 Å². The summed E-state index contributed by atoms with van der Waals surface area (Å²) in [4.78, 5) is 28.4. The summed E-state index contributed by atoms with van der Waals surface area (Å²) in [6, 6.07) is 17.8. The molecule has 2 aliphatic heterocycles. The number of hydrogen-bond acceptors (Lipinski definition) is 9. The Labute approximate surface area is 249 Å². The van der Waals surface area contributed by atoms with E-state index >= 15 is 0 Å². The number of ketones is 1. The van der Waals surface area contributed by atoms with Crippen LogP contribution in [0.3, 0.4) is 0 Å². The summed E-state index contributed by atoms with van der Waals surface area (Å²) in [6.45, 7) is 4.25. The smallest absolute Gasteiger partial charge is 0.301 e. The number of aromatic nitrogens is 2. The average molecular weight is 604 g/mol. The molecule has 8 nitrogen and oxygen atoms in total. The van der Waals surface area contributed by atoms with E-state index in [9.17, 15) is 19.1 Å². The summed E-state index contributed by atoms with van der Waals surface area (Å²) >= 11 is 2.40. The van der Waals surface area contributed by atoms with Crippen LogP contribution < -0.4 is 14.4 Å². The first-order valence-corrected chi connectivity index (χ1v) is 15.2. The van der Waals surface area contributed by atoms with Gasteiger partial charge in [0.05, 0.1) is 18.2 Å². The van der Waals surface area contributed by atoms with Crippen molar-refractivity contribution in [1.82, 2.24) is 10.2 Å². The number of carbonyl (C=O) groups is 2. The lowest BCUT2D eigenvalue weighted by atomic mass is 9.94. The number of benzene rings is 3. The van der Waals surface area contributed by atoms with Crippen molar-refractivity contribution in [3.63, 3.8) is 0 Å². The highest BCUT2D eigenvalue weighted by molar-refractivity contribution is 8.00. The minimum absolute atomic E-state index is 0.00661. The van der Waals surface area contributed by atoms with Gasteiger partial charge in [-0.15, -0.1) is 10.2 Å². The van der Waals surface area contributed by atoms with Crippen molar-refractivity contribution in [2.45, 2.75) is 42.5 Å². The molecule has 2 atom stereocenters. The van der Waals surface area contributed by atoms with Crippen LogP contribution in [0.4, 0.5) is 9.52 Å². The Morgan fingerprint density at radius 3 is 2.79 bits per heavy atom. The Bertz CT molecular complexity index is 1720. The van der Waals surface area contributed by atoms with Gasteiger partial charge in [0, 0.05) is 17.7 Å². The number of thioether (sulfide) groups is 1. The molecular weight excluding hydrogens is 577 g/mol. The van der Waals surface area contributed by atoms with E-state index in [1.165, 1.54) is 22.7 Å². The molecule has 1 saturated heterocycles. The first kappa shape index (κ1) is 27.9. The van der Waals surface area contributed by atoms with Gasteiger partial charge in [-0.3, -0.25) is 14.5 Å². The third-order valence-corrected chi connectivity index (χ3v) is 9.11. The number of amides is 1. The molecule has 42 heavy (non-hydrogen) atoms. The van der Waals surface area contributed by atoms with E-state index in [1.807, 2.05) is 13.8 Å². The second kappa shape index (κ2) is 11.6. The number of rotatable bonds is 8. The van der Waals surface area contributed by atoms with Gasteiger partial charge in [0.1, 0.15) is 29.2 Å². The largest absolute Gasteiger partial charge is 0.507 e. The zero-order valence-electron chi connectivity index (χ0n) is 22.7. The lowest BCUT2D eigenvalue weighted by molar-refractivity contribution is -0.132. The number of aliphatic hydroxyl groups is 1. The molecule has 3 aromatic carbocycles. The first-order valence-electron chi connectivity index (χ1n) is 13.4. The minimum Gasteiger partial charge on any atom is -0.507 e. The number of ether oxygens (including phenoxy) is 2. The SMILES string of the molecule is CCOc1cccc(C2/C(=C(\O)c3ccc4c(c3)CC(C)O4)C(=O)C(=O)N2c2nnc(SCc3ccccc3F)s2)c1. The lowest BCUT2D eigenvalue weighted by Crippen LogP contribution is -2.29. The fourth-order valence-corrected chi connectivity index (χ4v) is 6.98. The number of carbonyl (C=O) groups excluding carboxylic acids is 2. The molecule has 1 aromatic heterocycles. The van der Waals surface area contributed by atoms with Crippen LogP contribution in [0.2, 0.25) is 0 Å². The van der Waals surface area contributed by atoms with Crippen LogP contribution in [-0.2, 0) is 21.8 Å². The molecule has 1 fully saturated rings. The minimum atomic E-state index is -0.980. The number of nitrogens with zero attached hydrogens (tertiary/aromatic N) is 3. The Balaban J connectivity index is 1.40. The molecule has 214 valence electrons. The van der Waals surface area contributed by atoms with Gasteiger partial charge in [0.2, 0.25) is 5.13 Å². The van der Waals surface area contributed by atoms with Gasteiger partial charge in [-0.05, 0) is 66.9 Å². The summed E-state index contributed by atoms with van der Waals surface area (Å²) in [7, 11) is 0. The summed E-state index contributed by atoms with van der Waals surface area (Å²) in [6.07, 6.45) is 0.676. The van der Waals surface area contributed by atoms with Gasteiger partial charge in [0.15, 0.2) is 4.34 Å². The monoisotopic (exact) mass is 603 g/mol. The zero-order valence-corrected chi connectivity index (χ0v) is 24.4. The second-order valence-corrected chi connectivity index (χ2v) is 12.0. The van der Waals surface area contributed by atoms with Crippen molar-refractivity contribution in [3.05, 3.63) is 100 Å². The molecule has 0 aliphatic carbocycles. The Kier molecular flexibility index (Phi) is 7.70. The van der Waals surface area contributed by atoms with Gasteiger partial charge >= 0.3 is 5.91 Å². The number of fused-ring (bicyclic) bond motifs is 1. The van der Waals surface area contributed by atoms with Crippen molar-refractivity contribution < 1.29 is 28.6 Å². The molecular formula is C31H26FN3O5S2.